The minimum absolute atomic E-state index is 0.0337. The van der Waals surface area contributed by atoms with Crippen LogP contribution >= 0.6 is 0 Å². The summed E-state index contributed by atoms with van der Waals surface area (Å²) >= 11 is 0. The number of carbonyl (C=O) groups excluding carboxylic acids is 1. The Morgan fingerprint density at radius 2 is 1.62 bits per heavy atom. The monoisotopic (exact) mass is 349 g/mol. The van der Waals surface area contributed by atoms with Crippen LogP contribution in [0.15, 0.2) is 72.0 Å². The summed E-state index contributed by atoms with van der Waals surface area (Å²) in [6, 6.07) is 20.5. The standard InChI is InChI=1S/C23H27NO2/c1-3-4-15-21-23(18(2)25)22(16-19-11-7-5-8-12-19)26-24(21)17-20-13-9-6-10-14-20/h5-14,21H,3-4,15-17H2,1-2H3. The van der Waals surface area contributed by atoms with E-state index in [4.69, 9.17) is 4.84 Å². The van der Waals surface area contributed by atoms with Gasteiger partial charge in [0.05, 0.1) is 18.2 Å². The van der Waals surface area contributed by atoms with Crippen LogP contribution in [-0.4, -0.2) is 16.9 Å². The van der Waals surface area contributed by atoms with Gasteiger partial charge >= 0.3 is 0 Å². The Bertz CT molecular complexity index is 752. The third-order valence-corrected chi connectivity index (χ3v) is 4.81. The van der Waals surface area contributed by atoms with E-state index in [1.165, 1.54) is 5.56 Å². The molecule has 0 saturated heterocycles. The first-order chi connectivity index (χ1) is 12.7. The number of Topliss-reactive ketones (excluding diaryl/α,β-unsaturated/α-hetero) is 1. The minimum atomic E-state index is 0.0337. The first-order valence-electron chi connectivity index (χ1n) is 9.45. The molecule has 3 nitrogen and oxygen atoms in total. The van der Waals surface area contributed by atoms with E-state index in [2.05, 4.69) is 31.2 Å². The molecule has 0 aromatic heterocycles. The van der Waals surface area contributed by atoms with Gasteiger partial charge in [-0.25, -0.2) is 0 Å². The van der Waals surface area contributed by atoms with E-state index < -0.39 is 0 Å². The highest BCUT2D eigenvalue weighted by Crippen LogP contribution is 2.33. The van der Waals surface area contributed by atoms with E-state index in [9.17, 15) is 4.79 Å². The van der Waals surface area contributed by atoms with Gasteiger partial charge in [-0.05, 0) is 24.5 Å². The SMILES string of the molecule is CCCCC1C(C(C)=O)=C(Cc2ccccc2)ON1Cc1ccccc1. The molecular weight excluding hydrogens is 322 g/mol. The van der Waals surface area contributed by atoms with Gasteiger partial charge in [-0.2, -0.15) is 0 Å². The highest BCUT2D eigenvalue weighted by atomic mass is 16.7. The molecule has 0 radical (unpaired) electrons. The van der Waals surface area contributed by atoms with Crippen molar-refractivity contribution in [2.24, 2.45) is 0 Å². The number of rotatable bonds is 8. The van der Waals surface area contributed by atoms with Gasteiger partial charge in [0, 0.05) is 6.42 Å². The molecule has 3 heteroatoms. The molecule has 1 aliphatic rings. The highest BCUT2D eigenvalue weighted by molar-refractivity contribution is 5.95. The van der Waals surface area contributed by atoms with E-state index in [1.807, 2.05) is 41.5 Å². The molecule has 0 saturated carbocycles. The van der Waals surface area contributed by atoms with Gasteiger partial charge in [-0.1, -0.05) is 80.4 Å². The molecule has 1 aliphatic heterocycles. The lowest BCUT2D eigenvalue weighted by Crippen LogP contribution is -2.32. The van der Waals surface area contributed by atoms with Gasteiger partial charge in [0.2, 0.25) is 0 Å². The van der Waals surface area contributed by atoms with E-state index >= 15 is 0 Å². The van der Waals surface area contributed by atoms with Gasteiger partial charge in [-0.3, -0.25) is 4.79 Å². The number of allylic oxidation sites excluding steroid dienone is 1. The van der Waals surface area contributed by atoms with Crippen LogP contribution in [0.25, 0.3) is 0 Å². The fourth-order valence-corrected chi connectivity index (χ4v) is 3.52. The summed E-state index contributed by atoms with van der Waals surface area (Å²) < 4.78 is 0. The molecule has 3 rings (SSSR count). The van der Waals surface area contributed by atoms with Crippen molar-refractivity contribution < 1.29 is 9.63 Å². The molecule has 0 spiro atoms. The molecule has 26 heavy (non-hydrogen) atoms. The minimum Gasteiger partial charge on any atom is -0.409 e. The highest BCUT2D eigenvalue weighted by Gasteiger charge is 2.36. The number of hydrogen-bond donors (Lipinski definition) is 0. The van der Waals surface area contributed by atoms with Crippen molar-refractivity contribution in [2.75, 3.05) is 0 Å². The van der Waals surface area contributed by atoms with Crippen LogP contribution in [0.4, 0.5) is 0 Å². The second-order valence-corrected chi connectivity index (χ2v) is 6.87. The molecule has 0 N–H and O–H groups in total. The second kappa shape index (κ2) is 8.81. The van der Waals surface area contributed by atoms with Gasteiger partial charge < -0.3 is 4.84 Å². The van der Waals surface area contributed by atoms with Crippen molar-refractivity contribution in [3.05, 3.63) is 83.1 Å². The predicted octanol–water partition coefficient (Wildman–Crippen LogP) is 5.08. The van der Waals surface area contributed by atoms with Crippen LogP contribution in [0.5, 0.6) is 0 Å². The van der Waals surface area contributed by atoms with Crippen LogP contribution in [0.2, 0.25) is 0 Å². The van der Waals surface area contributed by atoms with E-state index in [1.54, 1.807) is 6.92 Å². The van der Waals surface area contributed by atoms with Gasteiger partial charge in [0.25, 0.3) is 0 Å². The topological polar surface area (TPSA) is 29.5 Å². The number of unbranched alkanes of at least 4 members (excludes halogenated alkanes) is 1. The Morgan fingerprint density at radius 3 is 2.19 bits per heavy atom. The van der Waals surface area contributed by atoms with Gasteiger partial charge in [0.1, 0.15) is 5.76 Å². The van der Waals surface area contributed by atoms with Crippen molar-refractivity contribution in [3.63, 3.8) is 0 Å². The summed E-state index contributed by atoms with van der Waals surface area (Å²) in [6.07, 6.45) is 3.78. The molecule has 136 valence electrons. The lowest BCUT2D eigenvalue weighted by Gasteiger charge is -2.24. The zero-order valence-corrected chi connectivity index (χ0v) is 15.7. The zero-order chi connectivity index (χ0) is 18.4. The average Bonchev–Trinajstić information content (AvgIpc) is 2.98. The molecule has 0 amide bonds. The van der Waals surface area contributed by atoms with Crippen molar-refractivity contribution in [1.29, 1.82) is 0 Å². The maximum atomic E-state index is 12.5. The van der Waals surface area contributed by atoms with Crippen LogP contribution in [0, 0.1) is 0 Å². The molecule has 2 aromatic rings. The second-order valence-electron chi connectivity index (χ2n) is 6.87. The molecule has 1 unspecified atom stereocenters. The Labute approximate surface area is 156 Å². The fraction of sp³-hybridized carbons (Fsp3) is 0.348. The van der Waals surface area contributed by atoms with E-state index in [-0.39, 0.29) is 11.8 Å². The lowest BCUT2D eigenvalue weighted by atomic mass is 9.95. The number of hydroxylamine groups is 2. The molecule has 1 atom stereocenters. The Kier molecular flexibility index (Phi) is 6.24. The first-order valence-corrected chi connectivity index (χ1v) is 9.45. The van der Waals surface area contributed by atoms with Crippen LogP contribution in [0.3, 0.4) is 0 Å². The third-order valence-electron chi connectivity index (χ3n) is 4.81. The molecule has 0 aliphatic carbocycles. The van der Waals surface area contributed by atoms with E-state index in [0.29, 0.717) is 13.0 Å². The van der Waals surface area contributed by atoms with Crippen molar-refractivity contribution >= 4 is 5.78 Å². The Hall–Kier alpha value is -2.39. The van der Waals surface area contributed by atoms with Crippen LogP contribution in [0.1, 0.15) is 44.2 Å². The summed E-state index contributed by atoms with van der Waals surface area (Å²) in [4.78, 5) is 18.7. The summed E-state index contributed by atoms with van der Waals surface area (Å²) in [5, 5.41) is 2.00. The smallest absolute Gasteiger partial charge is 0.160 e. The number of benzene rings is 2. The van der Waals surface area contributed by atoms with Crippen LogP contribution in [-0.2, 0) is 22.6 Å². The van der Waals surface area contributed by atoms with Gasteiger partial charge in [0.15, 0.2) is 5.78 Å². The summed E-state index contributed by atoms with van der Waals surface area (Å²) in [6.45, 7) is 4.53. The zero-order valence-electron chi connectivity index (χ0n) is 15.7. The largest absolute Gasteiger partial charge is 0.409 e. The van der Waals surface area contributed by atoms with Crippen molar-refractivity contribution in [1.82, 2.24) is 5.06 Å². The maximum absolute atomic E-state index is 12.5. The van der Waals surface area contributed by atoms with Gasteiger partial charge in [-0.15, -0.1) is 5.06 Å². The molecular formula is C23H27NO2. The normalized spacial score (nSPS) is 17.4. The average molecular weight is 349 g/mol. The number of hydrogen-bond acceptors (Lipinski definition) is 3. The first kappa shape index (κ1) is 18.4. The quantitative estimate of drug-likeness (QED) is 0.666. The number of carbonyl (C=O) groups is 1. The molecule has 2 aromatic carbocycles. The molecule has 0 fully saturated rings. The number of ketones is 1. The van der Waals surface area contributed by atoms with Crippen molar-refractivity contribution in [3.8, 4) is 0 Å². The maximum Gasteiger partial charge on any atom is 0.160 e. The van der Waals surface area contributed by atoms with Crippen LogP contribution < -0.4 is 0 Å². The molecule has 0 bridgehead atoms. The summed E-state index contributed by atoms with van der Waals surface area (Å²) in [5.74, 6) is 0.924. The number of nitrogens with zero attached hydrogens (tertiary/aromatic N) is 1. The third kappa shape index (κ3) is 4.41. The summed E-state index contributed by atoms with van der Waals surface area (Å²) in [5.41, 5.74) is 3.20. The fourth-order valence-electron chi connectivity index (χ4n) is 3.52. The summed E-state index contributed by atoms with van der Waals surface area (Å²) in [7, 11) is 0. The molecule has 1 heterocycles. The Morgan fingerprint density at radius 1 is 1.00 bits per heavy atom. The predicted molar refractivity (Wildman–Crippen MR) is 104 cm³/mol. The van der Waals surface area contributed by atoms with E-state index in [0.717, 1.165) is 36.2 Å². The lowest BCUT2D eigenvalue weighted by molar-refractivity contribution is -0.130. The van der Waals surface area contributed by atoms with Crippen molar-refractivity contribution in [2.45, 2.75) is 52.1 Å². The Balaban J connectivity index is 1.86.